The number of hydrogen-bond acceptors (Lipinski definition) is 5. The van der Waals surface area contributed by atoms with Crippen molar-refractivity contribution in [3.05, 3.63) is 59.2 Å². The zero-order valence-corrected chi connectivity index (χ0v) is 12.9. The molecule has 0 spiro atoms. The first-order valence-corrected chi connectivity index (χ1v) is 7.48. The Labute approximate surface area is 135 Å². The molecule has 1 aromatic heterocycles. The Morgan fingerprint density at radius 2 is 1.83 bits per heavy atom. The second-order valence-electron chi connectivity index (χ2n) is 4.64. The van der Waals surface area contributed by atoms with E-state index in [0.717, 1.165) is 11.5 Å². The molecular weight excluding hydrogens is 317 g/mol. The minimum absolute atomic E-state index is 0.315. The Morgan fingerprint density at radius 1 is 1.13 bits per heavy atom. The van der Waals surface area contributed by atoms with E-state index in [1.54, 1.807) is 43.5 Å². The number of aromatic nitrogens is 2. The van der Waals surface area contributed by atoms with E-state index in [9.17, 15) is 9.18 Å². The first kappa shape index (κ1) is 15.1. The van der Waals surface area contributed by atoms with Crippen LogP contribution >= 0.6 is 11.5 Å². The van der Waals surface area contributed by atoms with Crippen molar-refractivity contribution >= 4 is 23.1 Å². The van der Waals surface area contributed by atoms with Crippen molar-refractivity contribution < 1.29 is 13.9 Å². The van der Waals surface area contributed by atoms with Gasteiger partial charge < -0.3 is 10.1 Å². The Kier molecular flexibility index (Phi) is 4.29. The molecule has 0 saturated carbocycles. The third-order valence-electron chi connectivity index (χ3n) is 3.16. The third kappa shape index (κ3) is 3.35. The van der Waals surface area contributed by atoms with E-state index in [-0.39, 0.29) is 11.7 Å². The van der Waals surface area contributed by atoms with Crippen molar-refractivity contribution in [3.8, 4) is 17.0 Å². The summed E-state index contributed by atoms with van der Waals surface area (Å²) >= 11 is 0.992. The van der Waals surface area contributed by atoms with E-state index in [1.807, 2.05) is 0 Å². The highest BCUT2D eigenvalue weighted by molar-refractivity contribution is 7.08. The van der Waals surface area contributed by atoms with Crippen LogP contribution in [0.2, 0.25) is 0 Å². The average Bonchev–Trinajstić information content (AvgIpc) is 3.06. The van der Waals surface area contributed by atoms with Gasteiger partial charge in [0.2, 0.25) is 0 Å². The number of nitrogens with one attached hydrogen (secondary N) is 1. The van der Waals surface area contributed by atoms with Gasteiger partial charge in [0.05, 0.1) is 7.11 Å². The fourth-order valence-electron chi connectivity index (χ4n) is 2.00. The molecule has 0 aliphatic rings. The van der Waals surface area contributed by atoms with E-state index < -0.39 is 0 Å². The normalized spacial score (nSPS) is 10.3. The zero-order valence-electron chi connectivity index (χ0n) is 12.1. The topological polar surface area (TPSA) is 64.1 Å². The third-order valence-corrected chi connectivity index (χ3v) is 3.88. The first-order valence-electron chi connectivity index (χ1n) is 6.71. The summed E-state index contributed by atoms with van der Waals surface area (Å²) in [5, 5.41) is 6.75. The molecular formula is C16H12FN3O2S. The summed E-state index contributed by atoms with van der Waals surface area (Å²) in [6.07, 6.45) is 0. The Hall–Kier alpha value is -2.80. The monoisotopic (exact) mass is 329 g/mol. The van der Waals surface area contributed by atoms with Gasteiger partial charge in [-0.15, -0.1) is 5.10 Å². The Balaban J connectivity index is 1.82. The SMILES string of the molecule is COc1ccc(NC(=O)c2snnc2-c2ccc(F)cc2)cc1. The number of benzene rings is 2. The zero-order chi connectivity index (χ0) is 16.2. The van der Waals surface area contributed by atoms with Crippen molar-refractivity contribution in [2.45, 2.75) is 0 Å². The average molecular weight is 329 g/mol. The number of halogens is 1. The highest BCUT2D eigenvalue weighted by Crippen LogP contribution is 2.25. The molecule has 0 radical (unpaired) electrons. The maximum Gasteiger partial charge on any atom is 0.269 e. The van der Waals surface area contributed by atoms with Crippen molar-refractivity contribution in [2.75, 3.05) is 12.4 Å². The van der Waals surface area contributed by atoms with Crippen LogP contribution in [0, 0.1) is 5.82 Å². The fraction of sp³-hybridized carbons (Fsp3) is 0.0625. The number of carbonyl (C=O) groups is 1. The summed E-state index contributed by atoms with van der Waals surface area (Å²) in [4.78, 5) is 12.8. The van der Waals surface area contributed by atoms with Gasteiger partial charge in [0.1, 0.15) is 22.1 Å². The molecule has 1 N–H and O–H groups in total. The summed E-state index contributed by atoms with van der Waals surface area (Å²) in [6, 6.07) is 12.8. The molecule has 0 atom stereocenters. The molecule has 3 rings (SSSR count). The molecule has 1 heterocycles. The summed E-state index contributed by atoms with van der Waals surface area (Å²) in [5.74, 6) is 0.0418. The number of amides is 1. The van der Waals surface area contributed by atoms with Crippen LogP contribution in [0.3, 0.4) is 0 Å². The molecule has 0 saturated heterocycles. The predicted octanol–water partition coefficient (Wildman–Crippen LogP) is 3.61. The number of ether oxygens (including phenoxy) is 1. The maximum absolute atomic E-state index is 13.0. The molecule has 0 unspecified atom stereocenters. The van der Waals surface area contributed by atoms with Gasteiger partial charge in [-0.05, 0) is 60.1 Å². The largest absolute Gasteiger partial charge is 0.497 e. The standard InChI is InChI=1S/C16H12FN3O2S/c1-22-13-8-6-12(7-9-13)18-16(21)15-14(19-20-23-15)10-2-4-11(17)5-3-10/h2-9H,1H3,(H,18,21). The molecule has 0 aliphatic heterocycles. The van der Waals surface area contributed by atoms with Gasteiger partial charge in [-0.1, -0.05) is 4.49 Å². The van der Waals surface area contributed by atoms with Crippen molar-refractivity contribution in [1.82, 2.24) is 9.59 Å². The van der Waals surface area contributed by atoms with Crippen molar-refractivity contribution in [3.63, 3.8) is 0 Å². The molecule has 3 aromatic rings. The second kappa shape index (κ2) is 6.53. The van der Waals surface area contributed by atoms with Gasteiger partial charge in [0, 0.05) is 11.3 Å². The first-order chi connectivity index (χ1) is 11.2. The smallest absolute Gasteiger partial charge is 0.269 e. The number of rotatable bonds is 4. The second-order valence-corrected chi connectivity index (χ2v) is 5.39. The van der Waals surface area contributed by atoms with E-state index >= 15 is 0 Å². The molecule has 0 fully saturated rings. The maximum atomic E-state index is 13.0. The molecule has 0 aliphatic carbocycles. The minimum atomic E-state index is -0.346. The summed E-state index contributed by atoms with van der Waals surface area (Å²) in [5.41, 5.74) is 1.70. The molecule has 5 nitrogen and oxygen atoms in total. The van der Waals surface area contributed by atoms with Crippen LogP contribution in [0.5, 0.6) is 5.75 Å². The lowest BCUT2D eigenvalue weighted by Gasteiger charge is -2.06. The molecule has 7 heteroatoms. The van der Waals surface area contributed by atoms with Crippen LogP contribution in [0.1, 0.15) is 9.67 Å². The van der Waals surface area contributed by atoms with Crippen LogP contribution in [-0.4, -0.2) is 22.6 Å². The van der Waals surface area contributed by atoms with Crippen LogP contribution < -0.4 is 10.1 Å². The number of anilines is 1. The molecule has 0 bridgehead atoms. The van der Waals surface area contributed by atoms with Crippen LogP contribution in [0.15, 0.2) is 48.5 Å². The van der Waals surface area contributed by atoms with E-state index in [4.69, 9.17) is 4.74 Å². The lowest BCUT2D eigenvalue weighted by molar-refractivity contribution is 0.103. The molecule has 2 aromatic carbocycles. The van der Waals surface area contributed by atoms with Gasteiger partial charge in [0.25, 0.3) is 5.91 Å². The number of hydrogen-bond donors (Lipinski definition) is 1. The number of nitrogens with zero attached hydrogens (tertiary/aromatic N) is 2. The van der Waals surface area contributed by atoms with Crippen molar-refractivity contribution in [1.29, 1.82) is 0 Å². The molecule has 1 amide bonds. The Morgan fingerprint density at radius 3 is 2.48 bits per heavy atom. The van der Waals surface area contributed by atoms with Crippen molar-refractivity contribution in [2.24, 2.45) is 0 Å². The van der Waals surface area contributed by atoms with E-state index in [0.29, 0.717) is 27.6 Å². The molecule has 23 heavy (non-hydrogen) atoms. The lowest BCUT2D eigenvalue weighted by Crippen LogP contribution is -2.11. The number of carbonyl (C=O) groups excluding carboxylic acids is 1. The van der Waals surface area contributed by atoms with Gasteiger partial charge >= 0.3 is 0 Å². The van der Waals surface area contributed by atoms with E-state index in [1.165, 1.54) is 12.1 Å². The van der Waals surface area contributed by atoms with Gasteiger partial charge in [-0.3, -0.25) is 4.79 Å². The lowest BCUT2D eigenvalue weighted by atomic mass is 10.1. The van der Waals surface area contributed by atoms with Crippen LogP contribution in [-0.2, 0) is 0 Å². The van der Waals surface area contributed by atoms with Crippen LogP contribution in [0.25, 0.3) is 11.3 Å². The quantitative estimate of drug-likeness (QED) is 0.794. The molecule has 116 valence electrons. The summed E-state index contributed by atoms with van der Waals surface area (Å²) < 4.78 is 21.9. The van der Waals surface area contributed by atoms with E-state index in [2.05, 4.69) is 14.9 Å². The summed E-state index contributed by atoms with van der Waals surface area (Å²) in [7, 11) is 1.57. The van der Waals surface area contributed by atoms with Crippen LogP contribution in [0.4, 0.5) is 10.1 Å². The number of methoxy groups -OCH3 is 1. The predicted molar refractivity (Wildman–Crippen MR) is 86.3 cm³/mol. The van der Waals surface area contributed by atoms with Gasteiger partial charge in [-0.25, -0.2) is 4.39 Å². The highest BCUT2D eigenvalue weighted by Gasteiger charge is 2.18. The fourth-order valence-corrected chi connectivity index (χ4v) is 2.58. The minimum Gasteiger partial charge on any atom is -0.497 e. The van der Waals surface area contributed by atoms with Gasteiger partial charge in [0.15, 0.2) is 0 Å². The highest BCUT2D eigenvalue weighted by atomic mass is 32.1. The summed E-state index contributed by atoms with van der Waals surface area (Å²) in [6.45, 7) is 0. The van der Waals surface area contributed by atoms with Gasteiger partial charge in [-0.2, -0.15) is 0 Å². The Bertz CT molecular complexity index is 816.